The average Bonchev–Trinajstić information content (AvgIpc) is 2.17. The van der Waals surface area contributed by atoms with Crippen molar-refractivity contribution in [2.45, 2.75) is 13.8 Å². The predicted molar refractivity (Wildman–Crippen MR) is 51.7 cm³/mol. The number of hydrogen-bond donors (Lipinski definition) is 2. The van der Waals surface area contributed by atoms with E-state index in [-0.39, 0.29) is 6.61 Å². The van der Waals surface area contributed by atoms with Gasteiger partial charge in [-0.2, -0.15) is 0 Å². The lowest BCUT2D eigenvalue weighted by atomic mass is 10.1. The molecule has 6 nitrogen and oxygen atoms in total. The summed E-state index contributed by atoms with van der Waals surface area (Å²) in [5.74, 6) is -2.39. The molecule has 0 fully saturated rings. The molecular weight excluding hydrogens is 202 g/mol. The number of rotatable bonds is 4. The minimum absolute atomic E-state index is 0.0835. The number of aliphatic hydroxyl groups is 1. The molecule has 84 valence electrons. The van der Waals surface area contributed by atoms with Gasteiger partial charge in [0.05, 0.1) is 13.7 Å². The van der Waals surface area contributed by atoms with Crippen LogP contribution in [0.1, 0.15) is 13.8 Å². The topological polar surface area (TPSA) is 96.7 Å². The molecule has 0 rings (SSSR count). The molecule has 0 aliphatic heterocycles. The van der Waals surface area contributed by atoms with Crippen molar-refractivity contribution in [3.63, 3.8) is 0 Å². The van der Waals surface area contributed by atoms with E-state index < -0.39 is 29.0 Å². The lowest BCUT2D eigenvalue weighted by Gasteiger charge is -2.07. The van der Waals surface area contributed by atoms with Crippen LogP contribution in [0.25, 0.3) is 0 Å². The van der Waals surface area contributed by atoms with Crippen LogP contribution in [0.5, 0.6) is 0 Å². The summed E-state index contributed by atoms with van der Waals surface area (Å²) in [4.78, 5) is 22.2. The fourth-order valence-electron chi connectivity index (χ4n) is 0.838. The van der Waals surface area contributed by atoms with Gasteiger partial charge in [0.1, 0.15) is 11.3 Å². The fourth-order valence-corrected chi connectivity index (χ4v) is 0.838. The summed E-state index contributed by atoms with van der Waals surface area (Å²) in [6.45, 7) is 2.83. The molecule has 0 saturated heterocycles. The lowest BCUT2D eigenvalue weighted by Crippen LogP contribution is -2.25. The van der Waals surface area contributed by atoms with E-state index in [1.54, 1.807) is 6.92 Å². The molecule has 0 aromatic rings. The van der Waals surface area contributed by atoms with Crippen LogP contribution in [0.15, 0.2) is 11.3 Å². The van der Waals surface area contributed by atoms with Crippen LogP contribution in [0, 0.1) is 5.41 Å². The van der Waals surface area contributed by atoms with Gasteiger partial charge in [-0.3, -0.25) is 5.41 Å². The Morgan fingerprint density at radius 3 is 2.20 bits per heavy atom. The molecule has 0 aromatic carbocycles. The molecule has 0 amide bonds. The van der Waals surface area contributed by atoms with Gasteiger partial charge in [-0.05, 0) is 13.8 Å². The zero-order valence-corrected chi connectivity index (χ0v) is 8.79. The highest BCUT2D eigenvalue weighted by Crippen LogP contribution is 2.06. The summed E-state index contributed by atoms with van der Waals surface area (Å²) in [6.07, 6.45) is 0. The van der Waals surface area contributed by atoms with Crippen molar-refractivity contribution in [1.82, 2.24) is 0 Å². The summed E-state index contributed by atoms with van der Waals surface area (Å²) in [5, 5.41) is 16.5. The lowest BCUT2D eigenvalue weighted by molar-refractivity contribution is -0.138. The Labute approximate surface area is 87.0 Å². The van der Waals surface area contributed by atoms with Crippen molar-refractivity contribution in [3.8, 4) is 0 Å². The number of hydrogen-bond acceptors (Lipinski definition) is 6. The maximum Gasteiger partial charge on any atom is 0.357 e. The maximum absolute atomic E-state index is 11.1. The molecule has 15 heavy (non-hydrogen) atoms. The van der Waals surface area contributed by atoms with Gasteiger partial charge in [0.15, 0.2) is 5.71 Å². The molecule has 0 saturated carbocycles. The quantitative estimate of drug-likeness (QED) is 0.309. The highest BCUT2D eigenvalue weighted by atomic mass is 16.5. The molecule has 0 unspecified atom stereocenters. The fraction of sp³-hybridized carbons (Fsp3) is 0.444. The summed E-state index contributed by atoms with van der Waals surface area (Å²) >= 11 is 0. The van der Waals surface area contributed by atoms with Crippen molar-refractivity contribution in [1.29, 1.82) is 5.41 Å². The van der Waals surface area contributed by atoms with Gasteiger partial charge in [0, 0.05) is 0 Å². The molecule has 0 bridgehead atoms. The van der Waals surface area contributed by atoms with Gasteiger partial charge in [0.2, 0.25) is 0 Å². The SMILES string of the molecule is CCOC(=O)C(=N)/C(C(=O)OC)=C(\C)O. The Morgan fingerprint density at radius 2 is 1.87 bits per heavy atom. The second-order valence-electron chi connectivity index (χ2n) is 2.55. The van der Waals surface area contributed by atoms with Gasteiger partial charge < -0.3 is 14.6 Å². The van der Waals surface area contributed by atoms with E-state index in [9.17, 15) is 9.59 Å². The molecule has 0 aliphatic rings. The van der Waals surface area contributed by atoms with Gasteiger partial charge in [0.25, 0.3) is 0 Å². The Hall–Kier alpha value is -1.85. The zero-order chi connectivity index (χ0) is 12.0. The number of methoxy groups -OCH3 is 1. The van der Waals surface area contributed by atoms with Crippen molar-refractivity contribution in [2.24, 2.45) is 0 Å². The highest BCUT2D eigenvalue weighted by Gasteiger charge is 2.25. The largest absolute Gasteiger partial charge is 0.512 e. The van der Waals surface area contributed by atoms with Crippen LogP contribution in [0.2, 0.25) is 0 Å². The van der Waals surface area contributed by atoms with Crippen LogP contribution in [0.3, 0.4) is 0 Å². The highest BCUT2D eigenvalue weighted by molar-refractivity contribution is 6.48. The first kappa shape index (κ1) is 13.2. The third kappa shape index (κ3) is 3.41. The Balaban J connectivity index is 4.99. The predicted octanol–water partition coefficient (Wildman–Crippen LogP) is 0.574. The molecule has 2 N–H and O–H groups in total. The van der Waals surface area contributed by atoms with Gasteiger partial charge in [-0.15, -0.1) is 0 Å². The summed E-state index contributed by atoms with van der Waals surface area (Å²) in [7, 11) is 1.09. The number of aliphatic hydroxyl groups excluding tert-OH is 1. The minimum atomic E-state index is -0.980. The van der Waals surface area contributed by atoms with E-state index in [4.69, 9.17) is 10.5 Å². The van der Waals surface area contributed by atoms with Crippen LogP contribution in [-0.4, -0.2) is 36.5 Å². The van der Waals surface area contributed by atoms with E-state index in [1.807, 2.05) is 0 Å². The molecule has 0 radical (unpaired) electrons. The molecular formula is C9H13NO5. The summed E-state index contributed by atoms with van der Waals surface area (Å²) in [5.41, 5.74) is -1.21. The Morgan fingerprint density at radius 1 is 1.33 bits per heavy atom. The van der Waals surface area contributed by atoms with Gasteiger partial charge in [-0.25, -0.2) is 9.59 Å². The van der Waals surface area contributed by atoms with Crippen molar-refractivity contribution in [3.05, 3.63) is 11.3 Å². The number of carbonyl (C=O) groups is 2. The first-order chi connectivity index (χ1) is 6.95. The van der Waals surface area contributed by atoms with E-state index in [0.717, 1.165) is 7.11 Å². The average molecular weight is 215 g/mol. The Kier molecular flexibility index (Phi) is 5.08. The van der Waals surface area contributed by atoms with E-state index >= 15 is 0 Å². The van der Waals surface area contributed by atoms with Crippen LogP contribution >= 0.6 is 0 Å². The van der Waals surface area contributed by atoms with Crippen LogP contribution in [0.4, 0.5) is 0 Å². The molecule has 0 aromatic heterocycles. The third-order valence-electron chi connectivity index (χ3n) is 1.48. The monoisotopic (exact) mass is 215 g/mol. The summed E-state index contributed by atoms with van der Waals surface area (Å²) < 4.78 is 8.83. The first-order valence-electron chi connectivity index (χ1n) is 4.19. The number of ether oxygens (including phenoxy) is 2. The maximum atomic E-state index is 11.1. The number of nitrogens with one attached hydrogen (secondary N) is 1. The Bertz CT molecular complexity index is 314. The number of allylic oxidation sites excluding steroid dienone is 1. The standard InChI is InChI=1S/C9H13NO5/c1-4-15-9(13)7(10)6(5(2)11)8(12)14-3/h10-11H,4H2,1-3H3/b6-5-,10-7?. The van der Waals surface area contributed by atoms with Crippen molar-refractivity contribution >= 4 is 17.7 Å². The van der Waals surface area contributed by atoms with Crippen LogP contribution in [-0.2, 0) is 19.1 Å². The van der Waals surface area contributed by atoms with Crippen LogP contribution < -0.4 is 0 Å². The number of esters is 2. The van der Waals surface area contributed by atoms with E-state index in [1.165, 1.54) is 6.92 Å². The van der Waals surface area contributed by atoms with Gasteiger partial charge in [-0.1, -0.05) is 0 Å². The second-order valence-corrected chi connectivity index (χ2v) is 2.55. The zero-order valence-electron chi connectivity index (χ0n) is 8.79. The second kappa shape index (κ2) is 5.79. The van der Waals surface area contributed by atoms with Gasteiger partial charge >= 0.3 is 11.9 Å². The molecule has 6 heteroatoms. The van der Waals surface area contributed by atoms with E-state index in [0.29, 0.717) is 0 Å². The molecule has 0 spiro atoms. The normalized spacial score (nSPS) is 11.4. The van der Waals surface area contributed by atoms with Crippen molar-refractivity contribution in [2.75, 3.05) is 13.7 Å². The molecule has 0 atom stereocenters. The van der Waals surface area contributed by atoms with Crippen molar-refractivity contribution < 1.29 is 24.2 Å². The number of carbonyl (C=O) groups excluding carboxylic acids is 2. The smallest absolute Gasteiger partial charge is 0.357 e. The first-order valence-corrected chi connectivity index (χ1v) is 4.19. The minimum Gasteiger partial charge on any atom is -0.512 e. The van der Waals surface area contributed by atoms with E-state index in [2.05, 4.69) is 9.47 Å². The molecule has 0 aliphatic carbocycles. The third-order valence-corrected chi connectivity index (χ3v) is 1.48. The summed E-state index contributed by atoms with van der Waals surface area (Å²) in [6, 6.07) is 0. The molecule has 0 heterocycles.